The number of alkyl halides is 3. The average Bonchev–Trinajstić information content (AvgIpc) is 2.96. The maximum atomic E-state index is 13.8. The fraction of sp³-hybridized carbons (Fsp3) is 0.611. The van der Waals surface area contributed by atoms with Crippen molar-refractivity contribution in [1.82, 2.24) is 10.2 Å². The van der Waals surface area contributed by atoms with Crippen LogP contribution in [0.1, 0.15) is 18.4 Å². The number of amides is 1. The van der Waals surface area contributed by atoms with Crippen LogP contribution in [-0.4, -0.2) is 50.0 Å². The summed E-state index contributed by atoms with van der Waals surface area (Å²) in [5, 5.41) is 3.37. The molecule has 9 heteroatoms. The molecule has 2 aliphatic rings. The molecule has 5 nitrogen and oxygen atoms in total. The molecule has 2 aliphatic heterocycles. The van der Waals surface area contributed by atoms with Gasteiger partial charge in [0.1, 0.15) is 6.61 Å². The van der Waals surface area contributed by atoms with E-state index in [0.29, 0.717) is 30.5 Å². The fourth-order valence-electron chi connectivity index (χ4n) is 3.55. The molecule has 0 spiro atoms. The van der Waals surface area contributed by atoms with Crippen molar-refractivity contribution in [3.8, 4) is 5.75 Å². The molecule has 2 saturated heterocycles. The Morgan fingerprint density at radius 2 is 1.85 bits per heavy atom. The van der Waals surface area contributed by atoms with Crippen molar-refractivity contribution in [3.63, 3.8) is 0 Å². The standard InChI is InChI=1S/C18H22F4N2O3/c19-15-7-12(1-2-16(15)27-11-18(20,21)22)10-26-17(25)24-5-3-13-8-23-9-14(13)4-6-24/h1-2,7,13-14,23H,3-6,8-11H2/t13-,14-/m1/s1. The van der Waals surface area contributed by atoms with E-state index >= 15 is 0 Å². The smallest absolute Gasteiger partial charge is 0.422 e. The van der Waals surface area contributed by atoms with Gasteiger partial charge in [-0.1, -0.05) is 6.07 Å². The Bertz CT molecular complexity index is 654. The molecule has 0 saturated carbocycles. The molecule has 150 valence electrons. The zero-order valence-electron chi connectivity index (χ0n) is 14.7. The number of benzene rings is 1. The number of halogens is 4. The highest BCUT2D eigenvalue weighted by atomic mass is 19.4. The number of ether oxygens (including phenoxy) is 2. The maximum Gasteiger partial charge on any atom is 0.422 e. The van der Waals surface area contributed by atoms with Crippen LogP contribution in [0.15, 0.2) is 18.2 Å². The Morgan fingerprint density at radius 3 is 2.44 bits per heavy atom. The van der Waals surface area contributed by atoms with E-state index in [9.17, 15) is 22.4 Å². The molecule has 2 atom stereocenters. The van der Waals surface area contributed by atoms with E-state index in [0.717, 1.165) is 38.1 Å². The summed E-state index contributed by atoms with van der Waals surface area (Å²) in [6.45, 7) is 1.50. The average molecular weight is 390 g/mol. The first-order chi connectivity index (χ1) is 12.8. The lowest BCUT2D eigenvalue weighted by molar-refractivity contribution is -0.153. The number of hydrogen-bond acceptors (Lipinski definition) is 4. The molecule has 1 N–H and O–H groups in total. The van der Waals surface area contributed by atoms with Crippen molar-refractivity contribution in [2.45, 2.75) is 25.6 Å². The lowest BCUT2D eigenvalue weighted by atomic mass is 9.92. The minimum atomic E-state index is -4.54. The number of nitrogens with one attached hydrogen (secondary N) is 1. The molecule has 0 aliphatic carbocycles. The van der Waals surface area contributed by atoms with Gasteiger partial charge in [-0.25, -0.2) is 9.18 Å². The van der Waals surface area contributed by atoms with E-state index in [1.165, 1.54) is 6.07 Å². The number of carbonyl (C=O) groups excluding carboxylic acids is 1. The third-order valence-corrected chi connectivity index (χ3v) is 5.03. The van der Waals surface area contributed by atoms with Gasteiger partial charge in [0.15, 0.2) is 18.2 Å². The topological polar surface area (TPSA) is 50.8 Å². The van der Waals surface area contributed by atoms with Crippen LogP contribution in [0.3, 0.4) is 0 Å². The predicted molar refractivity (Wildman–Crippen MR) is 88.8 cm³/mol. The Labute approximate surface area is 154 Å². The van der Waals surface area contributed by atoms with Crippen molar-refractivity contribution < 1.29 is 31.8 Å². The number of carbonyl (C=O) groups is 1. The Hall–Kier alpha value is -2.03. The molecule has 0 bridgehead atoms. The fourth-order valence-corrected chi connectivity index (χ4v) is 3.55. The van der Waals surface area contributed by atoms with Crippen molar-refractivity contribution in [2.24, 2.45) is 11.8 Å². The summed E-state index contributed by atoms with van der Waals surface area (Å²) in [5.41, 5.74) is 0.344. The number of likely N-dealkylation sites (tertiary alicyclic amines) is 1. The van der Waals surface area contributed by atoms with Gasteiger partial charge in [0.05, 0.1) is 0 Å². The summed E-state index contributed by atoms with van der Waals surface area (Å²) in [7, 11) is 0. The molecule has 1 aromatic rings. The van der Waals surface area contributed by atoms with Crippen molar-refractivity contribution in [2.75, 3.05) is 32.8 Å². The number of nitrogens with zero attached hydrogens (tertiary/aromatic N) is 1. The van der Waals surface area contributed by atoms with E-state index in [1.807, 2.05) is 0 Å². The third-order valence-electron chi connectivity index (χ3n) is 5.03. The summed E-state index contributed by atoms with van der Waals surface area (Å²) < 4.78 is 59.9. The van der Waals surface area contributed by atoms with Gasteiger partial charge in [-0.3, -0.25) is 0 Å². The van der Waals surface area contributed by atoms with E-state index in [-0.39, 0.29) is 6.61 Å². The molecule has 27 heavy (non-hydrogen) atoms. The zero-order valence-corrected chi connectivity index (χ0v) is 14.7. The second-order valence-electron chi connectivity index (χ2n) is 6.97. The molecule has 1 aromatic carbocycles. The van der Waals surface area contributed by atoms with Gasteiger partial charge < -0.3 is 19.7 Å². The summed E-state index contributed by atoms with van der Waals surface area (Å²) in [6, 6.07) is 3.49. The van der Waals surface area contributed by atoms with Gasteiger partial charge >= 0.3 is 12.3 Å². The van der Waals surface area contributed by atoms with Crippen LogP contribution < -0.4 is 10.1 Å². The van der Waals surface area contributed by atoms with E-state index < -0.39 is 30.4 Å². The Morgan fingerprint density at radius 1 is 1.19 bits per heavy atom. The van der Waals surface area contributed by atoms with Crippen molar-refractivity contribution >= 4 is 6.09 Å². The Balaban J connectivity index is 1.49. The zero-order chi connectivity index (χ0) is 19.4. The normalized spacial score (nSPS) is 22.9. The van der Waals surface area contributed by atoms with Gasteiger partial charge in [0.25, 0.3) is 0 Å². The monoisotopic (exact) mass is 390 g/mol. The molecular weight excluding hydrogens is 368 g/mol. The van der Waals surface area contributed by atoms with E-state index in [2.05, 4.69) is 10.1 Å². The predicted octanol–water partition coefficient (Wildman–Crippen LogP) is 3.33. The molecular formula is C18H22F4N2O3. The van der Waals surface area contributed by atoms with E-state index in [4.69, 9.17) is 4.74 Å². The van der Waals surface area contributed by atoms with Gasteiger partial charge in [0.2, 0.25) is 0 Å². The van der Waals surface area contributed by atoms with Gasteiger partial charge in [-0.05, 0) is 55.5 Å². The van der Waals surface area contributed by atoms with Crippen LogP contribution in [-0.2, 0) is 11.3 Å². The number of fused-ring (bicyclic) bond motifs is 1. The third kappa shape index (κ3) is 5.47. The quantitative estimate of drug-likeness (QED) is 0.802. The van der Waals surface area contributed by atoms with Crippen LogP contribution in [0.5, 0.6) is 5.75 Å². The molecule has 0 radical (unpaired) electrons. The summed E-state index contributed by atoms with van der Waals surface area (Å²) in [5.74, 6) is -0.250. The maximum absolute atomic E-state index is 13.8. The van der Waals surface area contributed by atoms with Crippen molar-refractivity contribution in [3.05, 3.63) is 29.6 Å². The van der Waals surface area contributed by atoms with Crippen LogP contribution >= 0.6 is 0 Å². The minimum Gasteiger partial charge on any atom is -0.481 e. The highest BCUT2D eigenvalue weighted by Crippen LogP contribution is 2.27. The first-order valence-electron chi connectivity index (χ1n) is 8.92. The van der Waals surface area contributed by atoms with Crippen molar-refractivity contribution in [1.29, 1.82) is 0 Å². The lowest BCUT2D eigenvalue weighted by Crippen LogP contribution is -2.33. The molecule has 0 unspecified atom stereocenters. The van der Waals surface area contributed by atoms with Crippen LogP contribution in [0, 0.1) is 17.7 Å². The largest absolute Gasteiger partial charge is 0.481 e. The second-order valence-corrected chi connectivity index (χ2v) is 6.97. The first-order valence-corrected chi connectivity index (χ1v) is 8.92. The van der Waals surface area contributed by atoms with Crippen LogP contribution in [0.4, 0.5) is 22.4 Å². The second kappa shape index (κ2) is 8.33. The number of rotatable bonds is 4. The highest BCUT2D eigenvalue weighted by Gasteiger charge is 2.32. The van der Waals surface area contributed by atoms with Gasteiger partial charge in [-0.2, -0.15) is 13.2 Å². The van der Waals surface area contributed by atoms with Crippen LogP contribution in [0.25, 0.3) is 0 Å². The molecule has 2 heterocycles. The first kappa shape index (κ1) is 19.7. The highest BCUT2D eigenvalue weighted by molar-refractivity contribution is 5.67. The van der Waals surface area contributed by atoms with Gasteiger partial charge in [-0.15, -0.1) is 0 Å². The van der Waals surface area contributed by atoms with Crippen LogP contribution in [0.2, 0.25) is 0 Å². The summed E-state index contributed by atoms with van der Waals surface area (Å²) in [6.07, 6.45) is -3.15. The number of hydrogen-bond donors (Lipinski definition) is 1. The molecule has 3 rings (SSSR count). The lowest BCUT2D eigenvalue weighted by Gasteiger charge is -2.20. The molecule has 1 amide bonds. The molecule has 0 aromatic heterocycles. The van der Waals surface area contributed by atoms with E-state index in [1.54, 1.807) is 4.90 Å². The SMILES string of the molecule is O=C(OCc1ccc(OCC(F)(F)F)c(F)c1)N1CC[C@@H]2CNC[C@H]2CC1. The minimum absolute atomic E-state index is 0.153. The Kier molecular flexibility index (Phi) is 6.08. The van der Waals surface area contributed by atoms with Gasteiger partial charge in [0, 0.05) is 13.1 Å². The summed E-state index contributed by atoms with van der Waals surface area (Å²) >= 11 is 0. The summed E-state index contributed by atoms with van der Waals surface area (Å²) in [4.78, 5) is 13.9. The molecule has 2 fully saturated rings.